The lowest BCUT2D eigenvalue weighted by Crippen LogP contribution is -2.35. The second-order valence-corrected chi connectivity index (χ2v) is 4.66. The van der Waals surface area contributed by atoms with Gasteiger partial charge in [0.2, 0.25) is 0 Å². The predicted molar refractivity (Wildman–Crippen MR) is 72.3 cm³/mol. The highest BCUT2D eigenvalue weighted by atomic mass is 19.4. The fraction of sp³-hybridized carbons (Fsp3) is 0.308. The van der Waals surface area contributed by atoms with Crippen LogP contribution in [0.15, 0.2) is 30.5 Å². The van der Waals surface area contributed by atoms with Crippen LogP contribution in [-0.4, -0.2) is 23.4 Å². The van der Waals surface area contributed by atoms with E-state index in [2.05, 4.69) is 5.10 Å². The van der Waals surface area contributed by atoms with Crippen LogP contribution in [0.2, 0.25) is 0 Å². The highest BCUT2D eigenvalue weighted by Crippen LogP contribution is 2.19. The zero-order valence-corrected chi connectivity index (χ0v) is 11.3. The van der Waals surface area contributed by atoms with Gasteiger partial charge in [-0.15, -0.1) is 0 Å². The van der Waals surface area contributed by atoms with Crippen LogP contribution in [-0.2, 0) is 13.5 Å². The predicted octanol–water partition coefficient (Wildman–Crippen LogP) is 2.40. The largest absolute Gasteiger partial charge is 0.513 e. The molecule has 108 valence electrons. The molecular formula is C13H15BF3N2O-. The molecule has 2 aromatic rings. The summed E-state index contributed by atoms with van der Waals surface area (Å²) in [5.74, 6) is -0.106. The minimum Gasteiger partial charge on any atom is -0.496 e. The number of halogens is 3. The number of hydrogen-bond acceptors (Lipinski definition) is 2. The molecule has 0 saturated heterocycles. The number of hydrogen-bond donors (Lipinski definition) is 0. The molecule has 0 radical (unpaired) electrons. The van der Waals surface area contributed by atoms with Crippen molar-refractivity contribution >= 4 is 12.4 Å². The van der Waals surface area contributed by atoms with Crippen molar-refractivity contribution in [1.29, 1.82) is 0 Å². The maximum absolute atomic E-state index is 13.0. The van der Waals surface area contributed by atoms with Crippen molar-refractivity contribution in [1.82, 2.24) is 9.78 Å². The van der Waals surface area contributed by atoms with E-state index in [0.29, 0.717) is 12.0 Å². The summed E-state index contributed by atoms with van der Waals surface area (Å²) in [6.07, 6.45) is 2.15. The summed E-state index contributed by atoms with van der Waals surface area (Å²) in [5.41, 5.74) is 0.810. The first-order valence-corrected chi connectivity index (χ1v) is 6.28. The molecule has 1 aromatic carbocycles. The van der Waals surface area contributed by atoms with Gasteiger partial charge in [0.1, 0.15) is 0 Å². The van der Waals surface area contributed by atoms with E-state index in [4.69, 9.17) is 4.74 Å². The average molecular weight is 283 g/mol. The van der Waals surface area contributed by atoms with Crippen LogP contribution in [0, 0.1) is 6.92 Å². The molecule has 7 heteroatoms. The van der Waals surface area contributed by atoms with Gasteiger partial charge in [0.05, 0.1) is 12.4 Å². The van der Waals surface area contributed by atoms with E-state index in [9.17, 15) is 12.9 Å². The molecule has 3 nitrogen and oxygen atoms in total. The summed E-state index contributed by atoms with van der Waals surface area (Å²) in [7, 11) is 1.78. The van der Waals surface area contributed by atoms with E-state index in [1.807, 2.05) is 6.07 Å². The van der Waals surface area contributed by atoms with Gasteiger partial charge in [0.15, 0.2) is 0 Å². The monoisotopic (exact) mass is 283 g/mol. The zero-order valence-electron chi connectivity index (χ0n) is 11.3. The van der Waals surface area contributed by atoms with Gasteiger partial charge in [-0.25, -0.2) is 0 Å². The first-order valence-electron chi connectivity index (χ1n) is 6.28. The highest BCUT2D eigenvalue weighted by molar-refractivity contribution is 6.74. The Morgan fingerprint density at radius 1 is 1.25 bits per heavy atom. The molecule has 0 fully saturated rings. The molecule has 0 aliphatic heterocycles. The Hall–Kier alpha value is -1.92. The molecule has 0 aliphatic rings. The minimum atomic E-state index is -5.07. The summed E-state index contributed by atoms with van der Waals surface area (Å²) in [6, 6.07) is 5.93. The van der Waals surface area contributed by atoms with E-state index in [0.717, 1.165) is 11.8 Å². The first kappa shape index (κ1) is 14.5. The van der Waals surface area contributed by atoms with Gasteiger partial charge in [0.25, 0.3) is 0 Å². The van der Waals surface area contributed by atoms with Crippen LogP contribution in [0.5, 0.6) is 5.75 Å². The van der Waals surface area contributed by atoms with Crippen molar-refractivity contribution in [2.24, 2.45) is 7.05 Å². The summed E-state index contributed by atoms with van der Waals surface area (Å²) in [4.78, 5) is 0. The molecule has 0 atom stereocenters. The number of nitrogens with zero attached hydrogens (tertiary/aromatic N) is 2. The fourth-order valence-corrected chi connectivity index (χ4v) is 1.97. The van der Waals surface area contributed by atoms with E-state index in [-0.39, 0.29) is 12.4 Å². The highest BCUT2D eigenvalue weighted by Gasteiger charge is 2.29. The molecule has 0 N–H and O–H groups in total. The number of ether oxygens (including phenoxy) is 1. The molecule has 0 saturated carbocycles. The van der Waals surface area contributed by atoms with Gasteiger partial charge in [-0.3, -0.25) is 4.68 Å². The van der Waals surface area contributed by atoms with Crippen LogP contribution in [0.4, 0.5) is 12.9 Å². The van der Waals surface area contributed by atoms with Gasteiger partial charge in [0, 0.05) is 25.4 Å². The third kappa shape index (κ3) is 3.34. The molecule has 2 rings (SSSR count). The molecule has 0 amide bonds. The first-order chi connectivity index (χ1) is 9.38. The number of aromatic nitrogens is 2. The summed E-state index contributed by atoms with van der Waals surface area (Å²) in [6.45, 7) is -3.26. The van der Waals surface area contributed by atoms with Gasteiger partial charge in [-0.2, -0.15) is 5.10 Å². The molecule has 0 aliphatic carbocycles. The Kier molecular flexibility index (Phi) is 4.06. The molecule has 0 spiro atoms. The van der Waals surface area contributed by atoms with Crippen molar-refractivity contribution in [3.63, 3.8) is 0 Å². The number of benzene rings is 1. The van der Waals surface area contributed by atoms with E-state index in [1.54, 1.807) is 30.9 Å². The maximum Gasteiger partial charge on any atom is 0.513 e. The summed E-state index contributed by atoms with van der Waals surface area (Å²) < 4.78 is 45.9. The lowest BCUT2D eigenvalue weighted by molar-refractivity contribution is 0.319. The van der Waals surface area contributed by atoms with E-state index in [1.165, 1.54) is 6.07 Å². The third-order valence-corrected chi connectivity index (χ3v) is 3.06. The zero-order chi connectivity index (χ0) is 14.8. The van der Waals surface area contributed by atoms with Gasteiger partial charge in [-0.1, -0.05) is 23.2 Å². The SMILES string of the molecule is Cc1ccc(OCCc2ccnn2C)c([B-](F)(F)F)c1. The van der Waals surface area contributed by atoms with Gasteiger partial charge >= 0.3 is 6.98 Å². The van der Waals surface area contributed by atoms with Crippen molar-refractivity contribution in [3.8, 4) is 5.75 Å². The van der Waals surface area contributed by atoms with Crippen LogP contribution in [0.25, 0.3) is 0 Å². The fourth-order valence-electron chi connectivity index (χ4n) is 1.97. The van der Waals surface area contributed by atoms with Crippen molar-refractivity contribution in [2.75, 3.05) is 6.61 Å². The topological polar surface area (TPSA) is 27.1 Å². The second-order valence-electron chi connectivity index (χ2n) is 4.66. The standard InChI is InChI=1S/C13H15BF3N2O/c1-10-3-4-13(12(9-10)14(15,16)17)20-8-6-11-5-7-18-19(11)2/h3-5,7,9H,6,8H2,1-2H3/q-1. The van der Waals surface area contributed by atoms with Crippen LogP contribution >= 0.6 is 0 Å². The van der Waals surface area contributed by atoms with Gasteiger partial charge in [-0.05, 0) is 19.1 Å². The second kappa shape index (κ2) is 5.60. The molecule has 0 unspecified atom stereocenters. The van der Waals surface area contributed by atoms with Crippen LogP contribution in [0.1, 0.15) is 11.3 Å². The number of aryl methyl sites for hydroxylation is 2. The molecule has 20 heavy (non-hydrogen) atoms. The lowest BCUT2D eigenvalue weighted by atomic mass is 9.78. The molecule has 0 bridgehead atoms. The van der Waals surface area contributed by atoms with E-state index < -0.39 is 12.4 Å². The van der Waals surface area contributed by atoms with Gasteiger partial charge < -0.3 is 17.7 Å². The Bertz CT molecular complexity index is 596. The summed E-state index contributed by atoms with van der Waals surface area (Å²) >= 11 is 0. The quantitative estimate of drug-likeness (QED) is 0.788. The van der Waals surface area contributed by atoms with Crippen molar-refractivity contribution in [2.45, 2.75) is 13.3 Å². The molecular weight excluding hydrogens is 268 g/mol. The van der Waals surface area contributed by atoms with Crippen LogP contribution < -0.4 is 10.2 Å². The third-order valence-electron chi connectivity index (χ3n) is 3.06. The number of rotatable bonds is 5. The molecule has 1 heterocycles. The Labute approximate surface area is 115 Å². The normalized spacial score (nSPS) is 11.7. The van der Waals surface area contributed by atoms with Crippen molar-refractivity contribution < 1.29 is 17.7 Å². The Morgan fingerprint density at radius 2 is 2.00 bits per heavy atom. The average Bonchev–Trinajstić information content (AvgIpc) is 2.76. The molecule has 1 aromatic heterocycles. The maximum atomic E-state index is 13.0. The van der Waals surface area contributed by atoms with Crippen LogP contribution in [0.3, 0.4) is 0 Å². The summed E-state index contributed by atoms with van der Waals surface area (Å²) in [5, 5.41) is 3.99. The van der Waals surface area contributed by atoms with E-state index >= 15 is 0 Å². The Balaban J connectivity index is 2.08. The lowest BCUT2D eigenvalue weighted by Gasteiger charge is -2.20. The Morgan fingerprint density at radius 3 is 2.60 bits per heavy atom. The van der Waals surface area contributed by atoms with Crippen molar-refractivity contribution in [3.05, 3.63) is 41.7 Å². The minimum absolute atomic E-state index is 0.106. The smallest absolute Gasteiger partial charge is 0.496 e.